The van der Waals surface area contributed by atoms with Crippen LogP contribution < -0.4 is 0 Å². The molecule has 0 unspecified atom stereocenters. The fraction of sp³-hybridized carbons (Fsp3) is 0.211. The van der Waals surface area contributed by atoms with Gasteiger partial charge in [0.05, 0.1) is 0 Å². The van der Waals surface area contributed by atoms with E-state index in [4.69, 9.17) is 11.6 Å². The molecular formula is C19H17BrClNO. The van der Waals surface area contributed by atoms with Crippen molar-refractivity contribution in [3.8, 4) is 0 Å². The third kappa shape index (κ3) is 3.57. The van der Waals surface area contributed by atoms with Gasteiger partial charge in [-0.2, -0.15) is 0 Å². The average molecular weight is 391 g/mol. The summed E-state index contributed by atoms with van der Waals surface area (Å²) in [4.78, 5) is 13.2. The molecule has 0 bridgehead atoms. The second-order valence-corrected chi connectivity index (χ2v) is 7.19. The van der Waals surface area contributed by atoms with Crippen LogP contribution in [0.2, 0.25) is 5.02 Å². The molecule has 1 atom stereocenters. The number of rotatable bonds is 4. The first kappa shape index (κ1) is 16.4. The van der Waals surface area contributed by atoms with E-state index in [-0.39, 0.29) is 5.92 Å². The minimum Gasteiger partial charge on any atom is -0.298 e. The number of carbonyl (C=O) groups is 1. The highest BCUT2D eigenvalue weighted by atomic mass is 79.9. The first-order valence-corrected chi connectivity index (χ1v) is 8.63. The molecule has 1 aliphatic heterocycles. The van der Waals surface area contributed by atoms with Gasteiger partial charge in [0.15, 0.2) is 0 Å². The SMILES string of the molecule is C=C(C=O)CN1Cc2ccc(Br)cc2[C@H](c2ccccc2Cl)C1. The summed E-state index contributed by atoms with van der Waals surface area (Å²) in [6, 6.07) is 14.3. The fourth-order valence-corrected chi connectivity index (χ4v) is 3.81. The summed E-state index contributed by atoms with van der Waals surface area (Å²) in [5.41, 5.74) is 4.28. The molecule has 0 saturated carbocycles. The molecule has 2 nitrogen and oxygen atoms in total. The molecular weight excluding hydrogens is 374 g/mol. The van der Waals surface area contributed by atoms with Crippen LogP contribution in [0.15, 0.2) is 59.1 Å². The third-order valence-electron chi connectivity index (χ3n) is 4.19. The van der Waals surface area contributed by atoms with Crippen LogP contribution in [0.4, 0.5) is 0 Å². The molecule has 0 aliphatic carbocycles. The van der Waals surface area contributed by atoms with Crippen molar-refractivity contribution in [1.82, 2.24) is 4.90 Å². The summed E-state index contributed by atoms with van der Waals surface area (Å²) in [6.45, 7) is 6.03. The molecule has 4 heteroatoms. The molecule has 0 amide bonds. The van der Waals surface area contributed by atoms with Crippen LogP contribution in [0.1, 0.15) is 22.6 Å². The number of hydrogen-bond donors (Lipinski definition) is 0. The van der Waals surface area contributed by atoms with Gasteiger partial charge in [0, 0.05) is 35.0 Å². The molecule has 2 aromatic carbocycles. The van der Waals surface area contributed by atoms with E-state index in [1.807, 2.05) is 18.2 Å². The van der Waals surface area contributed by atoms with Crippen LogP contribution in [-0.2, 0) is 11.3 Å². The van der Waals surface area contributed by atoms with Gasteiger partial charge in [-0.25, -0.2) is 0 Å². The fourth-order valence-electron chi connectivity index (χ4n) is 3.16. The van der Waals surface area contributed by atoms with Gasteiger partial charge >= 0.3 is 0 Å². The van der Waals surface area contributed by atoms with Gasteiger partial charge in [-0.1, -0.05) is 58.4 Å². The van der Waals surface area contributed by atoms with Gasteiger partial charge in [0.1, 0.15) is 6.29 Å². The monoisotopic (exact) mass is 389 g/mol. The lowest BCUT2D eigenvalue weighted by Gasteiger charge is -2.35. The maximum atomic E-state index is 10.9. The lowest BCUT2D eigenvalue weighted by Crippen LogP contribution is -2.35. The lowest BCUT2D eigenvalue weighted by atomic mass is 9.84. The Labute approximate surface area is 149 Å². The second-order valence-electron chi connectivity index (χ2n) is 5.86. The number of fused-ring (bicyclic) bond motifs is 1. The Morgan fingerprint density at radius 3 is 2.83 bits per heavy atom. The van der Waals surface area contributed by atoms with Crippen molar-refractivity contribution in [3.05, 3.63) is 80.8 Å². The molecule has 1 heterocycles. The van der Waals surface area contributed by atoms with Gasteiger partial charge in [0.25, 0.3) is 0 Å². The van der Waals surface area contributed by atoms with Gasteiger partial charge in [0.2, 0.25) is 0 Å². The van der Waals surface area contributed by atoms with Crippen molar-refractivity contribution in [2.75, 3.05) is 13.1 Å². The molecule has 0 fully saturated rings. The molecule has 2 aromatic rings. The molecule has 118 valence electrons. The van der Waals surface area contributed by atoms with Gasteiger partial charge in [-0.3, -0.25) is 9.69 Å². The third-order valence-corrected chi connectivity index (χ3v) is 5.03. The minimum absolute atomic E-state index is 0.185. The van der Waals surface area contributed by atoms with Crippen molar-refractivity contribution in [2.45, 2.75) is 12.5 Å². The largest absolute Gasteiger partial charge is 0.298 e. The topological polar surface area (TPSA) is 20.3 Å². The van der Waals surface area contributed by atoms with Gasteiger partial charge < -0.3 is 0 Å². The maximum absolute atomic E-state index is 10.9. The molecule has 23 heavy (non-hydrogen) atoms. The summed E-state index contributed by atoms with van der Waals surface area (Å²) in [5, 5.41) is 0.777. The summed E-state index contributed by atoms with van der Waals surface area (Å²) >= 11 is 10.0. The minimum atomic E-state index is 0.185. The zero-order valence-corrected chi connectivity index (χ0v) is 15.0. The summed E-state index contributed by atoms with van der Waals surface area (Å²) in [6.07, 6.45) is 0.835. The lowest BCUT2D eigenvalue weighted by molar-refractivity contribution is -0.105. The predicted molar refractivity (Wildman–Crippen MR) is 97.9 cm³/mol. The molecule has 3 rings (SSSR count). The average Bonchev–Trinajstić information content (AvgIpc) is 2.55. The Morgan fingerprint density at radius 2 is 2.09 bits per heavy atom. The highest BCUT2D eigenvalue weighted by Crippen LogP contribution is 2.37. The molecule has 0 saturated heterocycles. The highest BCUT2D eigenvalue weighted by Gasteiger charge is 2.28. The second kappa shape index (κ2) is 7.00. The Bertz CT molecular complexity index is 759. The Hall–Kier alpha value is -1.42. The van der Waals surface area contributed by atoms with Crippen molar-refractivity contribution < 1.29 is 4.79 Å². The molecule has 1 aliphatic rings. The quantitative estimate of drug-likeness (QED) is 0.552. The summed E-state index contributed by atoms with van der Waals surface area (Å²) in [7, 11) is 0. The molecule has 0 N–H and O–H groups in total. The number of carbonyl (C=O) groups excluding carboxylic acids is 1. The molecule has 0 aromatic heterocycles. The zero-order chi connectivity index (χ0) is 16.4. The van der Waals surface area contributed by atoms with Crippen molar-refractivity contribution in [2.24, 2.45) is 0 Å². The van der Waals surface area contributed by atoms with E-state index in [2.05, 4.69) is 51.7 Å². The number of nitrogens with zero attached hydrogens (tertiary/aromatic N) is 1. The number of hydrogen-bond acceptors (Lipinski definition) is 2. The Balaban J connectivity index is 2.02. The van der Waals surface area contributed by atoms with Crippen molar-refractivity contribution in [3.63, 3.8) is 0 Å². The van der Waals surface area contributed by atoms with E-state index in [1.54, 1.807) is 0 Å². The van der Waals surface area contributed by atoms with E-state index in [9.17, 15) is 4.79 Å². The Kier molecular flexibility index (Phi) is 5.00. The van der Waals surface area contributed by atoms with Crippen LogP contribution >= 0.6 is 27.5 Å². The number of benzene rings is 2. The van der Waals surface area contributed by atoms with E-state index in [0.717, 1.165) is 34.4 Å². The van der Waals surface area contributed by atoms with E-state index in [0.29, 0.717) is 12.1 Å². The molecule has 0 radical (unpaired) electrons. The highest BCUT2D eigenvalue weighted by molar-refractivity contribution is 9.10. The van der Waals surface area contributed by atoms with E-state index in [1.165, 1.54) is 11.1 Å². The number of aldehydes is 1. The van der Waals surface area contributed by atoms with Crippen LogP contribution in [0.5, 0.6) is 0 Å². The maximum Gasteiger partial charge on any atom is 0.146 e. The smallest absolute Gasteiger partial charge is 0.146 e. The summed E-state index contributed by atoms with van der Waals surface area (Å²) < 4.78 is 1.07. The normalized spacial score (nSPS) is 17.6. The van der Waals surface area contributed by atoms with E-state index >= 15 is 0 Å². The van der Waals surface area contributed by atoms with E-state index < -0.39 is 0 Å². The molecule has 0 spiro atoms. The first-order chi connectivity index (χ1) is 11.1. The van der Waals surface area contributed by atoms with Gasteiger partial charge in [-0.15, -0.1) is 0 Å². The van der Waals surface area contributed by atoms with Crippen LogP contribution in [0.25, 0.3) is 0 Å². The van der Waals surface area contributed by atoms with Crippen molar-refractivity contribution in [1.29, 1.82) is 0 Å². The van der Waals surface area contributed by atoms with Crippen LogP contribution in [0, 0.1) is 0 Å². The number of halogens is 2. The zero-order valence-electron chi connectivity index (χ0n) is 12.6. The summed E-state index contributed by atoms with van der Waals surface area (Å²) in [5.74, 6) is 0.185. The van der Waals surface area contributed by atoms with Crippen molar-refractivity contribution >= 4 is 33.8 Å². The predicted octanol–water partition coefficient (Wildman–Crippen LogP) is 4.81. The van der Waals surface area contributed by atoms with Crippen LogP contribution in [0.3, 0.4) is 0 Å². The Morgan fingerprint density at radius 1 is 1.30 bits per heavy atom. The van der Waals surface area contributed by atoms with Crippen LogP contribution in [-0.4, -0.2) is 24.3 Å². The first-order valence-electron chi connectivity index (χ1n) is 7.46. The standard InChI is InChI=1S/C19H17BrClNO/c1-13(12-23)9-22-10-14-6-7-15(20)8-17(14)18(11-22)16-4-2-3-5-19(16)21/h2-8,12,18H,1,9-11H2/t18-/m0/s1. The van der Waals surface area contributed by atoms with Gasteiger partial charge in [-0.05, 0) is 40.5 Å².